The lowest BCUT2D eigenvalue weighted by Crippen LogP contribution is -2.38. The molecule has 1 fully saturated rings. The van der Waals surface area contributed by atoms with E-state index in [1.54, 1.807) is 0 Å². The molecule has 26 heavy (non-hydrogen) atoms. The SMILES string of the molecule is CNc1nc2c(c(C(=O)N3CCCC3)n1)CN(C[C@@H]1CC=CCC1)CC2. The molecular weight excluding hydrogens is 326 g/mol. The fourth-order valence-corrected chi connectivity index (χ4v) is 4.37. The van der Waals surface area contributed by atoms with Crippen LogP contribution in [0.3, 0.4) is 0 Å². The Balaban J connectivity index is 1.57. The molecule has 0 aromatic carbocycles. The molecule has 0 saturated carbocycles. The molecule has 4 rings (SSSR count). The number of nitrogens with one attached hydrogen (secondary N) is 1. The first-order valence-corrected chi connectivity index (χ1v) is 9.98. The van der Waals surface area contributed by atoms with Gasteiger partial charge in [0.05, 0.1) is 5.69 Å². The molecule has 1 N–H and O–H groups in total. The summed E-state index contributed by atoms with van der Waals surface area (Å²) in [5.41, 5.74) is 2.72. The topological polar surface area (TPSA) is 61.4 Å². The summed E-state index contributed by atoms with van der Waals surface area (Å²) in [6, 6.07) is 0. The third-order valence-corrected chi connectivity index (χ3v) is 5.85. The van der Waals surface area contributed by atoms with Crippen LogP contribution in [0.25, 0.3) is 0 Å². The molecule has 6 heteroatoms. The average Bonchev–Trinajstić information content (AvgIpc) is 3.22. The molecule has 3 heterocycles. The summed E-state index contributed by atoms with van der Waals surface area (Å²) < 4.78 is 0. The molecule has 0 unspecified atom stereocenters. The summed E-state index contributed by atoms with van der Waals surface area (Å²) in [5.74, 6) is 1.38. The lowest BCUT2D eigenvalue weighted by Gasteiger charge is -2.33. The van der Waals surface area contributed by atoms with Crippen molar-refractivity contribution < 1.29 is 4.79 Å². The van der Waals surface area contributed by atoms with E-state index in [0.29, 0.717) is 11.6 Å². The van der Waals surface area contributed by atoms with Crippen LogP contribution >= 0.6 is 0 Å². The Bertz CT molecular complexity index is 696. The number of aromatic nitrogens is 2. The Hall–Kier alpha value is -1.95. The number of rotatable bonds is 4. The number of hydrogen-bond acceptors (Lipinski definition) is 5. The average molecular weight is 355 g/mol. The highest BCUT2D eigenvalue weighted by atomic mass is 16.2. The second-order valence-corrected chi connectivity index (χ2v) is 7.71. The molecule has 1 saturated heterocycles. The minimum absolute atomic E-state index is 0.0834. The summed E-state index contributed by atoms with van der Waals surface area (Å²) in [5, 5.41) is 3.03. The summed E-state index contributed by atoms with van der Waals surface area (Å²) in [6.45, 7) is 4.63. The lowest BCUT2D eigenvalue weighted by atomic mass is 9.93. The maximum atomic E-state index is 13.1. The predicted molar refractivity (Wildman–Crippen MR) is 102 cm³/mol. The quantitative estimate of drug-likeness (QED) is 0.841. The van der Waals surface area contributed by atoms with Gasteiger partial charge in [-0.15, -0.1) is 0 Å². The zero-order valence-electron chi connectivity index (χ0n) is 15.7. The number of amides is 1. The van der Waals surface area contributed by atoms with Crippen molar-refractivity contribution in [2.24, 2.45) is 5.92 Å². The maximum Gasteiger partial charge on any atom is 0.273 e. The van der Waals surface area contributed by atoms with E-state index in [0.717, 1.165) is 69.2 Å². The van der Waals surface area contributed by atoms with E-state index < -0.39 is 0 Å². The largest absolute Gasteiger partial charge is 0.357 e. The van der Waals surface area contributed by atoms with Crippen molar-refractivity contribution in [3.05, 3.63) is 29.1 Å². The van der Waals surface area contributed by atoms with Crippen LogP contribution in [0.1, 0.15) is 53.8 Å². The van der Waals surface area contributed by atoms with Gasteiger partial charge in [-0.05, 0) is 38.0 Å². The molecule has 0 bridgehead atoms. The number of carbonyl (C=O) groups excluding carboxylic acids is 1. The minimum Gasteiger partial charge on any atom is -0.357 e. The molecule has 0 radical (unpaired) electrons. The number of carbonyl (C=O) groups is 1. The van der Waals surface area contributed by atoms with Gasteiger partial charge in [-0.1, -0.05) is 12.2 Å². The Kier molecular flexibility index (Phi) is 5.20. The van der Waals surface area contributed by atoms with Gasteiger partial charge in [0.15, 0.2) is 0 Å². The van der Waals surface area contributed by atoms with Crippen LogP contribution in [0.4, 0.5) is 5.95 Å². The van der Waals surface area contributed by atoms with Crippen LogP contribution in [0.2, 0.25) is 0 Å². The molecule has 1 aromatic heterocycles. The highest BCUT2D eigenvalue weighted by Crippen LogP contribution is 2.26. The first kappa shape index (κ1) is 17.5. The molecule has 140 valence electrons. The zero-order chi connectivity index (χ0) is 17.9. The summed E-state index contributed by atoms with van der Waals surface area (Å²) in [4.78, 5) is 26.7. The molecule has 1 aliphatic carbocycles. The number of allylic oxidation sites excluding steroid dienone is 2. The van der Waals surface area contributed by atoms with Crippen LogP contribution in [-0.4, -0.2) is 58.9 Å². The first-order chi connectivity index (χ1) is 12.7. The molecule has 6 nitrogen and oxygen atoms in total. The van der Waals surface area contributed by atoms with E-state index in [1.807, 2.05) is 11.9 Å². The normalized spacial score (nSPS) is 23.1. The van der Waals surface area contributed by atoms with Gasteiger partial charge in [-0.2, -0.15) is 0 Å². The fraction of sp³-hybridized carbons (Fsp3) is 0.650. The molecule has 0 spiro atoms. The van der Waals surface area contributed by atoms with Gasteiger partial charge in [0.1, 0.15) is 5.69 Å². The number of nitrogens with zero attached hydrogens (tertiary/aromatic N) is 4. The highest BCUT2D eigenvalue weighted by molar-refractivity contribution is 5.94. The second-order valence-electron chi connectivity index (χ2n) is 7.71. The number of anilines is 1. The molecule has 2 aliphatic heterocycles. The van der Waals surface area contributed by atoms with Gasteiger partial charge in [-0.25, -0.2) is 9.97 Å². The van der Waals surface area contributed by atoms with Crippen molar-refractivity contribution >= 4 is 11.9 Å². The Labute approximate surface area is 155 Å². The number of likely N-dealkylation sites (tertiary alicyclic amines) is 1. The van der Waals surface area contributed by atoms with Gasteiger partial charge in [0, 0.05) is 51.8 Å². The molecule has 3 aliphatic rings. The Morgan fingerprint density at radius 2 is 2.08 bits per heavy atom. The van der Waals surface area contributed by atoms with Gasteiger partial charge in [0.2, 0.25) is 5.95 Å². The number of hydrogen-bond donors (Lipinski definition) is 1. The Morgan fingerprint density at radius 1 is 1.23 bits per heavy atom. The number of fused-ring (bicyclic) bond motifs is 1. The van der Waals surface area contributed by atoms with Crippen molar-refractivity contribution in [3.8, 4) is 0 Å². The van der Waals surface area contributed by atoms with Gasteiger partial charge >= 0.3 is 0 Å². The summed E-state index contributed by atoms with van der Waals surface area (Å²) in [7, 11) is 1.82. The van der Waals surface area contributed by atoms with Gasteiger partial charge in [-0.3, -0.25) is 9.69 Å². The van der Waals surface area contributed by atoms with E-state index >= 15 is 0 Å². The van der Waals surface area contributed by atoms with Crippen molar-refractivity contribution in [2.45, 2.75) is 45.1 Å². The molecule has 1 atom stereocenters. The highest BCUT2D eigenvalue weighted by Gasteiger charge is 2.30. The predicted octanol–water partition coefficient (Wildman–Crippen LogP) is 2.47. The molecular formula is C20H29N5O. The van der Waals surface area contributed by atoms with Crippen molar-refractivity contribution in [1.82, 2.24) is 19.8 Å². The standard InChI is InChI=1S/C20H29N5O/c1-21-20-22-17-9-12-24(13-15-7-3-2-4-8-15)14-16(17)18(23-20)19(26)25-10-5-6-11-25/h2-3,15H,4-14H2,1H3,(H,21,22,23)/t15-/m1/s1. The second kappa shape index (κ2) is 7.74. The summed E-state index contributed by atoms with van der Waals surface area (Å²) >= 11 is 0. The van der Waals surface area contributed by atoms with Crippen molar-refractivity contribution in [3.63, 3.8) is 0 Å². The molecule has 1 amide bonds. The van der Waals surface area contributed by atoms with Crippen LogP contribution < -0.4 is 5.32 Å². The third-order valence-electron chi connectivity index (χ3n) is 5.85. The van der Waals surface area contributed by atoms with E-state index in [4.69, 9.17) is 0 Å². The first-order valence-electron chi connectivity index (χ1n) is 9.98. The maximum absolute atomic E-state index is 13.1. The minimum atomic E-state index is 0.0834. The monoisotopic (exact) mass is 355 g/mol. The molecule has 1 aromatic rings. The zero-order valence-corrected chi connectivity index (χ0v) is 15.7. The van der Waals surface area contributed by atoms with Crippen molar-refractivity contribution in [2.75, 3.05) is 38.5 Å². The lowest BCUT2D eigenvalue weighted by molar-refractivity contribution is 0.0783. The third kappa shape index (κ3) is 3.61. The smallest absolute Gasteiger partial charge is 0.273 e. The van der Waals surface area contributed by atoms with E-state index in [-0.39, 0.29) is 5.91 Å². The van der Waals surface area contributed by atoms with E-state index in [9.17, 15) is 4.79 Å². The van der Waals surface area contributed by atoms with E-state index in [2.05, 4.69) is 32.3 Å². The summed E-state index contributed by atoms with van der Waals surface area (Å²) in [6.07, 6.45) is 11.3. The van der Waals surface area contributed by atoms with Crippen LogP contribution in [0.5, 0.6) is 0 Å². The Morgan fingerprint density at radius 3 is 2.81 bits per heavy atom. The van der Waals surface area contributed by atoms with Crippen LogP contribution in [0.15, 0.2) is 12.2 Å². The fourth-order valence-electron chi connectivity index (χ4n) is 4.37. The van der Waals surface area contributed by atoms with E-state index in [1.165, 1.54) is 19.3 Å². The van der Waals surface area contributed by atoms with Crippen LogP contribution in [0, 0.1) is 5.92 Å². The van der Waals surface area contributed by atoms with Gasteiger partial charge < -0.3 is 10.2 Å². The van der Waals surface area contributed by atoms with Gasteiger partial charge in [0.25, 0.3) is 5.91 Å². The van der Waals surface area contributed by atoms with Crippen molar-refractivity contribution in [1.29, 1.82) is 0 Å². The van der Waals surface area contributed by atoms with Crippen LogP contribution in [-0.2, 0) is 13.0 Å².